The van der Waals surface area contributed by atoms with Gasteiger partial charge in [-0.1, -0.05) is 122 Å². The quantitative estimate of drug-likeness (QED) is 0.126. The summed E-state index contributed by atoms with van der Waals surface area (Å²) in [6.07, 6.45) is 30.0. The molecule has 1 fully saturated rings. The van der Waals surface area contributed by atoms with Crippen LogP contribution >= 0.6 is 0 Å². The van der Waals surface area contributed by atoms with Gasteiger partial charge < -0.3 is 4.74 Å². The Kier molecular flexibility index (Phi) is 21.1. The lowest BCUT2D eigenvalue weighted by atomic mass is 10.0. The van der Waals surface area contributed by atoms with Crippen molar-refractivity contribution in [3.63, 3.8) is 0 Å². The SMILES string of the molecule is CCCCCCCCCCCCCCC/N=N/CC(=O)OC1CCCCCCCCCC1. The molecule has 0 aromatic heterocycles. The molecule has 0 aliphatic heterocycles. The van der Waals surface area contributed by atoms with Gasteiger partial charge in [0.2, 0.25) is 0 Å². The summed E-state index contributed by atoms with van der Waals surface area (Å²) in [6.45, 7) is 3.12. The first-order valence-corrected chi connectivity index (χ1v) is 14.4. The van der Waals surface area contributed by atoms with Crippen LogP contribution in [0, 0.1) is 0 Å². The van der Waals surface area contributed by atoms with Crippen molar-refractivity contribution in [2.45, 2.75) is 161 Å². The van der Waals surface area contributed by atoms with Crippen LogP contribution in [-0.2, 0) is 9.53 Å². The first-order valence-electron chi connectivity index (χ1n) is 14.4. The third kappa shape index (κ3) is 19.7. The zero-order valence-corrected chi connectivity index (χ0v) is 21.5. The summed E-state index contributed by atoms with van der Waals surface area (Å²) in [6, 6.07) is 0. The number of carbonyl (C=O) groups is 1. The molecule has 0 saturated heterocycles. The summed E-state index contributed by atoms with van der Waals surface area (Å²) in [5.74, 6) is -0.195. The summed E-state index contributed by atoms with van der Waals surface area (Å²) in [7, 11) is 0. The maximum atomic E-state index is 12.1. The first kappa shape index (κ1) is 29.1. The normalized spacial score (nSPS) is 16.8. The molecule has 4 nitrogen and oxygen atoms in total. The Bertz CT molecular complexity index is 427. The van der Waals surface area contributed by atoms with Crippen molar-refractivity contribution in [1.82, 2.24) is 0 Å². The smallest absolute Gasteiger partial charge is 0.329 e. The zero-order valence-electron chi connectivity index (χ0n) is 21.5. The van der Waals surface area contributed by atoms with E-state index in [1.807, 2.05) is 0 Å². The summed E-state index contributed by atoms with van der Waals surface area (Å²) >= 11 is 0. The van der Waals surface area contributed by atoms with E-state index in [1.165, 1.54) is 128 Å². The molecule has 188 valence electrons. The molecule has 0 radical (unpaired) electrons. The molecule has 1 rings (SSSR count). The van der Waals surface area contributed by atoms with Gasteiger partial charge in [-0.2, -0.15) is 10.2 Å². The standard InChI is InChI=1S/C28H54N2O2/c1-2-3-4-5-6-7-8-9-10-13-16-19-22-25-29-30-26-28(31)32-27-23-20-17-14-11-12-15-18-21-24-27/h27H,2-26H2,1H3/b30-29+. The van der Waals surface area contributed by atoms with Crippen LogP contribution in [0.15, 0.2) is 10.2 Å². The van der Waals surface area contributed by atoms with Gasteiger partial charge in [0.1, 0.15) is 6.10 Å². The van der Waals surface area contributed by atoms with Gasteiger partial charge in [-0.25, -0.2) is 4.79 Å². The summed E-state index contributed by atoms with van der Waals surface area (Å²) < 4.78 is 5.70. The number of azo groups is 1. The highest BCUT2D eigenvalue weighted by Gasteiger charge is 2.14. The Hall–Kier alpha value is -0.930. The molecule has 0 N–H and O–H groups in total. The largest absolute Gasteiger partial charge is 0.461 e. The first-order chi connectivity index (χ1) is 15.8. The highest BCUT2D eigenvalue weighted by molar-refractivity contribution is 5.71. The molecule has 0 heterocycles. The number of hydrogen-bond donors (Lipinski definition) is 0. The maximum absolute atomic E-state index is 12.1. The van der Waals surface area contributed by atoms with Crippen molar-refractivity contribution < 1.29 is 9.53 Å². The van der Waals surface area contributed by atoms with Crippen LogP contribution in [0.3, 0.4) is 0 Å². The van der Waals surface area contributed by atoms with Crippen LogP contribution in [0.5, 0.6) is 0 Å². The second kappa shape index (κ2) is 23.2. The van der Waals surface area contributed by atoms with Crippen molar-refractivity contribution in [3.8, 4) is 0 Å². The lowest BCUT2D eigenvalue weighted by Gasteiger charge is -2.17. The molecule has 32 heavy (non-hydrogen) atoms. The lowest BCUT2D eigenvalue weighted by molar-refractivity contribution is -0.148. The molecular formula is C28H54N2O2. The molecule has 0 aromatic rings. The molecule has 0 bridgehead atoms. The predicted molar refractivity (Wildman–Crippen MR) is 136 cm³/mol. The van der Waals surface area contributed by atoms with Crippen LogP contribution in [0.2, 0.25) is 0 Å². The summed E-state index contributed by atoms with van der Waals surface area (Å²) in [5.41, 5.74) is 0. The van der Waals surface area contributed by atoms with Crippen molar-refractivity contribution in [2.24, 2.45) is 10.2 Å². The number of nitrogens with zero attached hydrogens (tertiary/aromatic N) is 2. The average Bonchev–Trinajstić information content (AvgIpc) is 2.85. The van der Waals surface area contributed by atoms with Gasteiger partial charge in [-0.3, -0.25) is 0 Å². The number of unbranched alkanes of at least 4 members (excludes halogenated alkanes) is 12. The Morgan fingerprint density at radius 1 is 0.625 bits per heavy atom. The van der Waals surface area contributed by atoms with Crippen LogP contribution in [0.4, 0.5) is 0 Å². The van der Waals surface area contributed by atoms with Crippen LogP contribution in [-0.4, -0.2) is 25.2 Å². The van der Waals surface area contributed by atoms with Gasteiger partial charge in [0, 0.05) is 0 Å². The molecule has 1 aliphatic carbocycles. The highest BCUT2D eigenvalue weighted by atomic mass is 16.5. The van der Waals surface area contributed by atoms with Crippen molar-refractivity contribution in [3.05, 3.63) is 0 Å². The van der Waals surface area contributed by atoms with Crippen molar-refractivity contribution in [1.29, 1.82) is 0 Å². The predicted octanol–water partition coefficient (Wildman–Crippen LogP) is 9.36. The summed E-state index contributed by atoms with van der Waals surface area (Å²) in [4.78, 5) is 12.1. The van der Waals surface area contributed by atoms with Crippen molar-refractivity contribution in [2.75, 3.05) is 13.1 Å². The topological polar surface area (TPSA) is 51.0 Å². The number of carbonyl (C=O) groups excluding carboxylic acids is 1. The van der Waals surface area contributed by atoms with Crippen LogP contribution in [0.1, 0.15) is 155 Å². The highest BCUT2D eigenvalue weighted by Crippen LogP contribution is 2.19. The average molecular weight is 451 g/mol. The Morgan fingerprint density at radius 2 is 1.06 bits per heavy atom. The number of esters is 1. The minimum Gasteiger partial charge on any atom is -0.461 e. The third-order valence-electron chi connectivity index (χ3n) is 6.76. The van der Waals surface area contributed by atoms with E-state index in [-0.39, 0.29) is 18.6 Å². The zero-order chi connectivity index (χ0) is 23.0. The van der Waals surface area contributed by atoms with Gasteiger partial charge in [0.25, 0.3) is 0 Å². The molecular weight excluding hydrogens is 396 g/mol. The van der Waals surface area contributed by atoms with E-state index < -0.39 is 0 Å². The van der Waals surface area contributed by atoms with Gasteiger partial charge >= 0.3 is 5.97 Å². The lowest BCUT2D eigenvalue weighted by Crippen LogP contribution is -2.20. The van der Waals surface area contributed by atoms with Crippen molar-refractivity contribution >= 4 is 5.97 Å². The Morgan fingerprint density at radius 3 is 1.56 bits per heavy atom. The fourth-order valence-electron chi connectivity index (χ4n) is 4.67. The van der Waals surface area contributed by atoms with Gasteiger partial charge in [-0.05, 0) is 32.1 Å². The molecule has 0 unspecified atom stereocenters. The van der Waals surface area contributed by atoms with E-state index in [0.717, 1.165) is 25.8 Å². The second-order valence-electron chi connectivity index (χ2n) is 9.92. The summed E-state index contributed by atoms with van der Waals surface area (Å²) in [5, 5.41) is 8.26. The molecule has 0 amide bonds. The Labute approximate surface area is 199 Å². The molecule has 1 aliphatic rings. The van der Waals surface area contributed by atoms with E-state index >= 15 is 0 Å². The molecule has 1 saturated carbocycles. The fraction of sp³-hybridized carbons (Fsp3) is 0.964. The second-order valence-corrected chi connectivity index (χ2v) is 9.92. The van der Waals surface area contributed by atoms with Crippen LogP contribution in [0.25, 0.3) is 0 Å². The van der Waals surface area contributed by atoms with E-state index in [0.29, 0.717) is 0 Å². The van der Waals surface area contributed by atoms with Gasteiger partial charge in [0.15, 0.2) is 6.54 Å². The van der Waals surface area contributed by atoms with Gasteiger partial charge in [-0.15, -0.1) is 0 Å². The number of ether oxygens (including phenoxy) is 1. The monoisotopic (exact) mass is 450 g/mol. The maximum Gasteiger partial charge on any atom is 0.329 e. The third-order valence-corrected chi connectivity index (χ3v) is 6.76. The van der Waals surface area contributed by atoms with Gasteiger partial charge in [0.05, 0.1) is 6.54 Å². The van der Waals surface area contributed by atoms with E-state index in [1.54, 1.807) is 0 Å². The van der Waals surface area contributed by atoms with E-state index in [4.69, 9.17) is 4.74 Å². The molecule has 0 spiro atoms. The van der Waals surface area contributed by atoms with E-state index in [9.17, 15) is 4.79 Å². The van der Waals surface area contributed by atoms with E-state index in [2.05, 4.69) is 17.2 Å². The van der Waals surface area contributed by atoms with Crippen LogP contribution < -0.4 is 0 Å². The molecule has 4 heteroatoms. The molecule has 0 atom stereocenters. The fourth-order valence-corrected chi connectivity index (χ4v) is 4.67. The molecule has 0 aromatic carbocycles. The number of hydrogen-bond acceptors (Lipinski definition) is 4. The minimum atomic E-state index is -0.195. The minimum absolute atomic E-state index is 0.0922. The number of rotatable bonds is 17. The Balaban J connectivity index is 1.92.